The smallest absolute Gasteiger partial charge is 0.256 e. The van der Waals surface area contributed by atoms with E-state index < -0.39 is 0 Å². The van der Waals surface area contributed by atoms with Gasteiger partial charge in [-0.2, -0.15) is 0 Å². The summed E-state index contributed by atoms with van der Waals surface area (Å²) in [4.78, 5) is 23.6. The molecule has 5 nitrogen and oxygen atoms in total. The lowest BCUT2D eigenvalue weighted by atomic mass is 10.0. The molecule has 0 aromatic carbocycles. The van der Waals surface area contributed by atoms with Gasteiger partial charge in [-0.25, -0.2) is 9.97 Å². The molecule has 0 unspecified atom stereocenters. The van der Waals surface area contributed by atoms with E-state index in [4.69, 9.17) is 4.74 Å². The third-order valence-corrected chi connectivity index (χ3v) is 5.52. The summed E-state index contributed by atoms with van der Waals surface area (Å²) in [5.41, 5.74) is 0.622. The minimum atomic E-state index is 0.0381. The molecule has 3 heterocycles. The second-order valence-corrected chi connectivity index (χ2v) is 7.45. The van der Waals surface area contributed by atoms with Crippen LogP contribution in [0.5, 0.6) is 5.88 Å². The van der Waals surface area contributed by atoms with Gasteiger partial charge in [0.25, 0.3) is 5.91 Å². The van der Waals surface area contributed by atoms with Crippen LogP contribution in [0.3, 0.4) is 0 Å². The van der Waals surface area contributed by atoms with Crippen LogP contribution in [0.1, 0.15) is 53.5 Å². The molecular formula is C18H21N3O2S. The molecule has 0 N–H and O–H groups in total. The minimum Gasteiger partial charge on any atom is -0.477 e. The van der Waals surface area contributed by atoms with E-state index in [-0.39, 0.29) is 11.9 Å². The fourth-order valence-corrected chi connectivity index (χ4v) is 3.86. The highest BCUT2D eigenvalue weighted by molar-refractivity contribution is 7.09. The number of piperidine rings is 1. The molecule has 4 rings (SSSR count). The molecule has 2 fully saturated rings. The summed E-state index contributed by atoms with van der Waals surface area (Å²) >= 11 is 1.62. The first-order valence-corrected chi connectivity index (χ1v) is 9.48. The predicted molar refractivity (Wildman–Crippen MR) is 92.2 cm³/mol. The van der Waals surface area contributed by atoms with Crippen molar-refractivity contribution in [3.05, 3.63) is 40.5 Å². The van der Waals surface area contributed by atoms with Crippen molar-refractivity contribution in [1.82, 2.24) is 14.9 Å². The van der Waals surface area contributed by atoms with Crippen molar-refractivity contribution in [2.45, 2.75) is 38.1 Å². The van der Waals surface area contributed by atoms with Gasteiger partial charge in [0.15, 0.2) is 0 Å². The normalized spacial score (nSPS) is 20.8. The van der Waals surface area contributed by atoms with Crippen LogP contribution < -0.4 is 4.74 Å². The van der Waals surface area contributed by atoms with E-state index in [0.717, 1.165) is 37.4 Å². The van der Waals surface area contributed by atoms with Crippen molar-refractivity contribution in [2.24, 2.45) is 5.92 Å². The van der Waals surface area contributed by atoms with Crippen molar-refractivity contribution >= 4 is 17.2 Å². The van der Waals surface area contributed by atoms with Gasteiger partial charge in [0.05, 0.1) is 18.2 Å². The summed E-state index contributed by atoms with van der Waals surface area (Å²) in [5.74, 6) is 1.34. The topological polar surface area (TPSA) is 55.3 Å². The standard InChI is InChI=1S/C18H21N3O2S/c22-18(14-6-7-16(20-11-14)23-12-13-4-5-13)21-9-2-1-3-15(21)17-19-8-10-24-17/h6-8,10-11,13,15H,1-5,9,12H2/t15-/m0/s1. The number of carbonyl (C=O) groups is 1. The Hall–Kier alpha value is -1.95. The van der Waals surface area contributed by atoms with Gasteiger partial charge in [-0.15, -0.1) is 11.3 Å². The average molecular weight is 343 g/mol. The van der Waals surface area contributed by atoms with Gasteiger partial charge in [0.1, 0.15) is 5.01 Å². The molecule has 24 heavy (non-hydrogen) atoms. The number of hydrogen-bond donors (Lipinski definition) is 0. The maximum absolute atomic E-state index is 12.9. The molecule has 126 valence electrons. The highest BCUT2D eigenvalue weighted by atomic mass is 32.1. The van der Waals surface area contributed by atoms with Gasteiger partial charge in [-0.05, 0) is 44.1 Å². The highest BCUT2D eigenvalue weighted by Crippen LogP contribution is 2.33. The molecule has 2 aromatic rings. The maximum atomic E-state index is 12.9. The van der Waals surface area contributed by atoms with Crippen molar-refractivity contribution in [2.75, 3.05) is 13.2 Å². The van der Waals surface area contributed by atoms with E-state index in [1.165, 1.54) is 12.8 Å². The summed E-state index contributed by atoms with van der Waals surface area (Å²) in [7, 11) is 0. The van der Waals surface area contributed by atoms with E-state index >= 15 is 0 Å². The SMILES string of the molecule is O=C(c1ccc(OCC2CC2)nc1)N1CCCC[C@H]1c1nccs1. The van der Waals surface area contributed by atoms with E-state index in [2.05, 4.69) is 9.97 Å². The Bertz CT molecular complexity index is 683. The molecule has 6 heteroatoms. The summed E-state index contributed by atoms with van der Waals surface area (Å²) in [6, 6.07) is 3.72. The van der Waals surface area contributed by atoms with E-state index in [9.17, 15) is 4.79 Å². The first-order chi connectivity index (χ1) is 11.8. The predicted octanol–water partition coefficient (Wildman–Crippen LogP) is 3.69. The average Bonchev–Trinajstić information content (AvgIpc) is 3.31. The zero-order valence-corrected chi connectivity index (χ0v) is 14.4. The number of thiazole rings is 1. The third kappa shape index (κ3) is 3.43. The summed E-state index contributed by atoms with van der Waals surface area (Å²) in [6.07, 6.45) is 9.12. The largest absolute Gasteiger partial charge is 0.477 e. The first-order valence-electron chi connectivity index (χ1n) is 8.60. The van der Waals surface area contributed by atoms with E-state index in [0.29, 0.717) is 17.4 Å². The number of pyridine rings is 1. The van der Waals surface area contributed by atoms with Gasteiger partial charge < -0.3 is 9.64 Å². The van der Waals surface area contributed by atoms with Gasteiger partial charge in [-0.1, -0.05) is 0 Å². The van der Waals surface area contributed by atoms with Crippen LogP contribution in [-0.2, 0) is 0 Å². The number of ether oxygens (including phenoxy) is 1. The van der Waals surface area contributed by atoms with Crippen LogP contribution in [0.15, 0.2) is 29.9 Å². The molecule has 1 amide bonds. The van der Waals surface area contributed by atoms with Crippen molar-refractivity contribution in [3.63, 3.8) is 0 Å². The summed E-state index contributed by atoms with van der Waals surface area (Å²) < 4.78 is 5.65. The van der Waals surface area contributed by atoms with Crippen LogP contribution in [-0.4, -0.2) is 33.9 Å². The van der Waals surface area contributed by atoms with Gasteiger partial charge in [0.2, 0.25) is 5.88 Å². The number of likely N-dealkylation sites (tertiary alicyclic amines) is 1. The lowest BCUT2D eigenvalue weighted by molar-refractivity contribution is 0.0610. The maximum Gasteiger partial charge on any atom is 0.256 e. The number of rotatable bonds is 5. The van der Waals surface area contributed by atoms with Crippen LogP contribution in [0.4, 0.5) is 0 Å². The molecule has 2 aromatic heterocycles. The molecule has 1 saturated heterocycles. The molecule has 0 bridgehead atoms. The summed E-state index contributed by atoms with van der Waals surface area (Å²) in [5, 5.41) is 3.00. The molecule has 1 atom stereocenters. The zero-order chi connectivity index (χ0) is 16.4. The lowest BCUT2D eigenvalue weighted by Gasteiger charge is -2.34. The van der Waals surface area contributed by atoms with E-state index in [1.807, 2.05) is 22.5 Å². The van der Waals surface area contributed by atoms with Crippen LogP contribution in [0.25, 0.3) is 0 Å². The monoisotopic (exact) mass is 343 g/mol. The Morgan fingerprint density at radius 1 is 1.25 bits per heavy atom. The zero-order valence-electron chi connectivity index (χ0n) is 13.6. The van der Waals surface area contributed by atoms with Crippen molar-refractivity contribution in [3.8, 4) is 5.88 Å². The van der Waals surface area contributed by atoms with Gasteiger partial charge in [0, 0.05) is 30.4 Å². The summed E-state index contributed by atoms with van der Waals surface area (Å²) in [6.45, 7) is 1.52. The fraction of sp³-hybridized carbons (Fsp3) is 0.500. The molecule has 1 aliphatic carbocycles. The third-order valence-electron chi connectivity index (χ3n) is 4.65. The number of aromatic nitrogens is 2. The molecule has 1 saturated carbocycles. The second kappa shape index (κ2) is 6.89. The second-order valence-electron chi connectivity index (χ2n) is 6.52. The highest BCUT2D eigenvalue weighted by Gasteiger charge is 2.30. The minimum absolute atomic E-state index is 0.0381. The number of nitrogens with zero attached hydrogens (tertiary/aromatic N) is 3. The Morgan fingerprint density at radius 3 is 2.88 bits per heavy atom. The molecular weight excluding hydrogens is 322 g/mol. The first kappa shape index (κ1) is 15.6. The van der Waals surface area contributed by atoms with Crippen LogP contribution in [0.2, 0.25) is 0 Å². The van der Waals surface area contributed by atoms with Crippen LogP contribution >= 0.6 is 11.3 Å². The Morgan fingerprint density at radius 2 is 2.17 bits per heavy atom. The Labute approximate surface area is 145 Å². The molecule has 2 aliphatic rings. The van der Waals surface area contributed by atoms with Crippen LogP contribution in [0, 0.1) is 5.92 Å². The van der Waals surface area contributed by atoms with E-state index in [1.54, 1.807) is 23.6 Å². The van der Waals surface area contributed by atoms with Gasteiger partial charge >= 0.3 is 0 Å². The van der Waals surface area contributed by atoms with Crippen molar-refractivity contribution in [1.29, 1.82) is 0 Å². The lowest BCUT2D eigenvalue weighted by Crippen LogP contribution is -2.38. The molecule has 1 aliphatic heterocycles. The van der Waals surface area contributed by atoms with Gasteiger partial charge in [-0.3, -0.25) is 4.79 Å². The Kier molecular flexibility index (Phi) is 4.47. The number of hydrogen-bond acceptors (Lipinski definition) is 5. The quantitative estimate of drug-likeness (QED) is 0.831. The fourth-order valence-electron chi connectivity index (χ4n) is 3.08. The van der Waals surface area contributed by atoms with Crippen molar-refractivity contribution < 1.29 is 9.53 Å². The Balaban J connectivity index is 1.46. The molecule has 0 radical (unpaired) electrons. The number of amides is 1. The molecule has 0 spiro atoms. The number of carbonyl (C=O) groups excluding carboxylic acids is 1.